The van der Waals surface area contributed by atoms with Crippen LogP contribution in [-0.4, -0.2) is 25.8 Å². The third-order valence-electron chi connectivity index (χ3n) is 4.72. The molecule has 0 saturated heterocycles. The first-order valence-electron chi connectivity index (χ1n) is 9.07. The summed E-state index contributed by atoms with van der Waals surface area (Å²) in [7, 11) is 0. The quantitative estimate of drug-likeness (QED) is 0.552. The molecule has 0 radical (unpaired) electrons. The van der Waals surface area contributed by atoms with Crippen LogP contribution in [0.15, 0.2) is 60.9 Å². The number of benzene rings is 2. The lowest BCUT2D eigenvalue weighted by atomic mass is 10.0. The van der Waals surface area contributed by atoms with E-state index < -0.39 is 0 Å². The average molecular weight is 376 g/mol. The molecule has 1 aliphatic rings. The molecule has 6 heteroatoms. The normalized spacial score (nSPS) is 13.8. The molecule has 0 aliphatic heterocycles. The number of nitrogens with zero attached hydrogens (tertiary/aromatic N) is 4. The second-order valence-corrected chi connectivity index (χ2v) is 7.27. The van der Waals surface area contributed by atoms with Crippen molar-refractivity contribution in [3.8, 4) is 5.95 Å². The van der Waals surface area contributed by atoms with E-state index in [1.807, 2.05) is 36.5 Å². The van der Waals surface area contributed by atoms with Crippen molar-refractivity contribution in [1.82, 2.24) is 19.7 Å². The smallest absolute Gasteiger partial charge is 0.253 e. The van der Waals surface area contributed by atoms with Gasteiger partial charge in [0.25, 0.3) is 5.95 Å². The van der Waals surface area contributed by atoms with Gasteiger partial charge in [-0.2, -0.15) is 10.1 Å². The highest BCUT2D eigenvalue weighted by Gasteiger charge is 2.23. The van der Waals surface area contributed by atoms with Gasteiger partial charge in [0, 0.05) is 28.8 Å². The predicted octanol–water partition coefficient (Wildman–Crippen LogP) is 4.63. The van der Waals surface area contributed by atoms with Crippen LogP contribution in [0, 0.1) is 0 Å². The molecule has 2 aromatic heterocycles. The maximum absolute atomic E-state index is 6.60. The topological polar surface area (TPSA) is 55.6 Å². The second-order valence-electron chi connectivity index (χ2n) is 6.86. The Labute approximate surface area is 162 Å². The van der Waals surface area contributed by atoms with E-state index in [0.717, 1.165) is 28.7 Å². The molecule has 2 heterocycles. The third kappa shape index (κ3) is 3.38. The zero-order valence-electron chi connectivity index (χ0n) is 14.6. The second kappa shape index (κ2) is 6.67. The molecule has 4 aromatic rings. The number of anilines is 1. The van der Waals surface area contributed by atoms with Crippen molar-refractivity contribution < 1.29 is 0 Å². The summed E-state index contributed by atoms with van der Waals surface area (Å²) in [6, 6.07) is 16.7. The molecule has 1 N–H and O–H groups in total. The number of nitrogens with one attached hydrogen (secondary N) is 1. The number of rotatable bonds is 5. The van der Waals surface area contributed by atoms with Crippen LogP contribution in [0.5, 0.6) is 0 Å². The Morgan fingerprint density at radius 3 is 2.67 bits per heavy atom. The summed E-state index contributed by atoms with van der Waals surface area (Å²) in [5.41, 5.74) is 3.12. The van der Waals surface area contributed by atoms with E-state index in [1.54, 1.807) is 10.9 Å². The van der Waals surface area contributed by atoms with E-state index in [4.69, 9.17) is 16.6 Å². The van der Waals surface area contributed by atoms with Gasteiger partial charge in [-0.1, -0.05) is 41.9 Å². The fourth-order valence-corrected chi connectivity index (χ4v) is 3.38. The van der Waals surface area contributed by atoms with Crippen LogP contribution in [0.4, 0.5) is 5.82 Å². The van der Waals surface area contributed by atoms with Gasteiger partial charge in [-0.05, 0) is 48.6 Å². The highest BCUT2D eigenvalue weighted by Crippen LogP contribution is 2.32. The maximum Gasteiger partial charge on any atom is 0.253 e. The van der Waals surface area contributed by atoms with Crippen LogP contribution in [0.3, 0.4) is 0 Å². The fourth-order valence-electron chi connectivity index (χ4n) is 3.15. The molecule has 1 fully saturated rings. The Morgan fingerprint density at radius 1 is 1.07 bits per heavy atom. The highest BCUT2D eigenvalue weighted by atomic mass is 35.5. The number of hydrogen-bond acceptors (Lipinski definition) is 4. The molecule has 1 aliphatic carbocycles. The van der Waals surface area contributed by atoms with E-state index in [0.29, 0.717) is 17.0 Å². The molecule has 0 atom stereocenters. The molecule has 134 valence electrons. The Kier molecular flexibility index (Phi) is 4.02. The van der Waals surface area contributed by atoms with Gasteiger partial charge in [0.05, 0.1) is 5.52 Å². The SMILES string of the molecule is Clc1cc2nc(-n3cccn3)nc(NC3CC3)c2cc1Cc1ccccc1. The third-order valence-corrected chi connectivity index (χ3v) is 5.07. The van der Waals surface area contributed by atoms with E-state index in [-0.39, 0.29) is 0 Å². The summed E-state index contributed by atoms with van der Waals surface area (Å²) in [6.07, 6.45) is 6.68. The summed E-state index contributed by atoms with van der Waals surface area (Å²) >= 11 is 6.60. The van der Waals surface area contributed by atoms with E-state index in [1.165, 1.54) is 18.4 Å². The van der Waals surface area contributed by atoms with Gasteiger partial charge in [0.15, 0.2) is 0 Å². The lowest BCUT2D eigenvalue weighted by molar-refractivity contribution is 0.815. The van der Waals surface area contributed by atoms with Gasteiger partial charge >= 0.3 is 0 Å². The first kappa shape index (κ1) is 16.3. The molecule has 0 unspecified atom stereocenters. The van der Waals surface area contributed by atoms with Gasteiger partial charge in [-0.3, -0.25) is 0 Å². The van der Waals surface area contributed by atoms with Crippen LogP contribution in [0.2, 0.25) is 5.02 Å². The summed E-state index contributed by atoms with van der Waals surface area (Å²) in [5.74, 6) is 1.39. The van der Waals surface area contributed by atoms with E-state index in [2.05, 4.69) is 33.6 Å². The molecule has 2 aromatic carbocycles. The zero-order valence-corrected chi connectivity index (χ0v) is 15.4. The van der Waals surface area contributed by atoms with Crippen LogP contribution >= 0.6 is 11.6 Å². The molecule has 5 nitrogen and oxygen atoms in total. The molecule has 0 bridgehead atoms. The molecule has 1 saturated carbocycles. The molecule has 27 heavy (non-hydrogen) atoms. The highest BCUT2D eigenvalue weighted by molar-refractivity contribution is 6.32. The lowest BCUT2D eigenvalue weighted by Crippen LogP contribution is -2.09. The number of fused-ring (bicyclic) bond motifs is 1. The Morgan fingerprint density at radius 2 is 1.93 bits per heavy atom. The van der Waals surface area contributed by atoms with Crippen molar-refractivity contribution in [2.45, 2.75) is 25.3 Å². The molecule has 0 spiro atoms. The van der Waals surface area contributed by atoms with E-state index >= 15 is 0 Å². The molecular formula is C21H18ClN5. The monoisotopic (exact) mass is 375 g/mol. The van der Waals surface area contributed by atoms with Crippen molar-refractivity contribution >= 4 is 28.3 Å². The Balaban J connectivity index is 1.63. The van der Waals surface area contributed by atoms with E-state index in [9.17, 15) is 0 Å². The first-order valence-corrected chi connectivity index (χ1v) is 9.45. The number of aromatic nitrogens is 4. The molecule has 5 rings (SSSR count). The summed E-state index contributed by atoms with van der Waals surface area (Å²) in [6.45, 7) is 0. The largest absolute Gasteiger partial charge is 0.367 e. The zero-order chi connectivity index (χ0) is 18.2. The minimum atomic E-state index is 0.488. The summed E-state index contributed by atoms with van der Waals surface area (Å²) in [4.78, 5) is 9.42. The minimum Gasteiger partial charge on any atom is -0.367 e. The van der Waals surface area contributed by atoms with Gasteiger partial charge in [-0.15, -0.1) is 0 Å². The summed E-state index contributed by atoms with van der Waals surface area (Å²) < 4.78 is 1.67. The average Bonchev–Trinajstić information content (AvgIpc) is 3.32. The molecule has 0 amide bonds. The summed E-state index contributed by atoms with van der Waals surface area (Å²) in [5, 5.41) is 9.50. The Bertz CT molecular complexity index is 1090. The van der Waals surface area contributed by atoms with Gasteiger partial charge < -0.3 is 5.32 Å². The van der Waals surface area contributed by atoms with Gasteiger partial charge in [0.2, 0.25) is 0 Å². The number of hydrogen-bond donors (Lipinski definition) is 1. The lowest BCUT2D eigenvalue weighted by Gasteiger charge is -2.13. The van der Waals surface area contributed by atoms with Crippen LogP contribution in [0.25, 0.3) is 16.9 Å². The first-order chi connectivity index (χ1) is 13.3. The van der Waals surface area contributed by atoms with Gasteiger partial charge in [0.1, 0.15) is 5.82 Å². The fraction of sp³-hybridized carbons (Fsp3) is 0.190. The van der Waals surface area contributed by atoms with Crippen molar-refractivity contribution in [3.63, 3.8) is 0 Å². The van der Waals surface area contributed by atoms with Crippen molar-refractivity contribution in [1.29, 1.82) is 0 Å². The van der Waals surface area contributed by atoms with Crippen LogP contribution in [-0.2, 0) is 6.42 Å². The van der Waals surface area contributed by atoms with Gasteiger partial charge in [-0.25, -0.2) is 9.67 Å². The molecular weight excluding hydrogens is 358 g/mol. The van der Waals surface area contributed by atoms with Crippen molar-refractivity contribution in [3.05, 3.63) is 77.1 Å². The predicted molar refractivity (Wildman–Crippen MR) is 108 cm³/mol. The van der Waals surface area contributed by atoms with Crippen molar-refractivity contribution in [2.24, 2.45) is 0 Å². The standard InChI is InChI=1S/C21H18ClN5/c22-18-13-19-17(12-15(18)11-14-5-2-1-3-6-14)20(24-16-7-8-16)26-21(25-19)27-10-4-9-23-27/h1-6,9-10,12-13,16H,7-8,11H2,(H,24,25,26). The van der Waals surface area contributed by atoms with Crippen LogP contribution < -0.4 is 5.32 Å². The minimum absolute atomic E-state index is 0.488. The maximum atomic E-state index is 6.60. The van der Waals surface area contributed by atoms with Crippen molar-refractivity contribution in [2.75, 3.05) is 5.32 Å². The number of halogens is 1. The van der Waals surface area contributed by atoms with Crippen LogP contribution in [0.1, 0.15) is 24.0 Å². The Hall–Kier alpha value is -2.92.